The zero-order valence-corrected chi connectivity index (χ0v) is 12.2. The molecule has 1 heterocycles. The SMILES string of the molecule is [B]c1ccc(-c2ccc(-c3ccc(Br)cc3)n2O)cc1. The summed E-state index contributed by atoms with van der Waals surface area (Å²) in [5.41, 5.74) is 4.08. The fraction of sp³-hybridized carbons (Fsp3) is 0. The van der Waals surface area contributed by atoms with Crippen LogP contribution in [0.3, 0.4) is 0 Å². The molecule has 2 nitrogen and oxygen atoms in total. The fourth-order valence-corrected chi connectivity index (χ4v) is 2.40. The fourth-order valence-electron chi connectivity index (χ4n) is 2.14. The molecule has 0 amide bonds. The van der Waals surface area contributed by atoms with Crippen molar-refractivity contribution in [1.29, 1.82) is 0 Å². The first-order valence-corrected chi connectivity index (χ1v) is 6.97. The number of hydrogen-bond acceptors (Lipinski definition) is 1. The molecule has 4 heteroatoms. The number of halogens is 1. The second-order valence-electron chi connectivity index (χ2n) is 4.54. The van der Waals surface area contributed by atoms with E-state index in [0.717, 1.165) is 27.0 Å². The second kappa shape index (κ2) is 5.21. The van der Waals surface area contributed by atoms with Crippen molar-refractivity contribution in [3.8, 4) is 22.5 Å². The lowest BCUT2D eigenvalue weighted by atomic mass is 9.95. The molecule has 0 aliphatic carbocycles. The van der Waals surface area contributed by atoms with Crippen LogP contribution in [-0.2, 0) is 0 Å². The van der Waals surface area contributed by atoms with Gasteiger partial charge in [0.1, 0.15) is 7.85 Å². The van der Waals surface area contributed by atoms with E-state index in [2.05, 4.69) is 15.9 Å². The Morgan fingerprint density at radius 1 is 0.750 bits per heavy atom. The molecule has 3 rings (SSSR count). The molecule has 0 aliphatic rings. The third-order valence-electron chi connectivity index (χ3n) is 3.20. The lowest BCUT2D eigenvalue weighted by molar-refractivity contribution is 0.197. The van der Waals surface area contributed by atoms with Gasteiger partial charge in [-0.25, -0.2) is 0 Å². The Hall–Kier alpha value is -1.94. The van der Waals surface area contributed by atoms with E-state index in [1.165, 1.54) is 4.73 Å². The minimum absolute atomic E-state index is 0.706. The van der Waals surface area contributed by atoms with Gasteiger partial charge in [-0.05, 0) is 24.3 Å². The number of nitrogens with zero attached hydrogens (tertiary/aromatic N) is 1. The van der Waals surface area contributed by atoms with E-state index in [1.807, 2.05) is 60.7 Å². The van der Waals surface area contributed by atoms with Crippen molar-refractivity contribution in [1.82, 2.24) is 4.73 Å². The molecule has 96 valence electrons. The number of aromatic nitrogens is 1. The molecule has 2 radical (unpaired) electrons. The molecule has 0 saturated heterocycles. The summed E-state index contributed by atoms with van der Waals surface area (Å²) in [5.74, 6) is 0. The maximum Gasteiger partial charge on any atom is 0.113 e. The van der Waals surface area contributed by atoms with E-state index < -0.39 is 0 Å². The van der Waals surface area contributed by atoms with Crippen LogP contribution in [0.1, 0.15) is 0 Å². The van der Waals surface area contributed by atoms with Crippen molar-refractivity contribution in [2.75, 3.05) is 0 Å². The average molecular weight is 324 g/mol. The Kier molecular flexibility index (Phi) is 3.41. The van der Waals surface area contributed by atoms with Crippen LogP contribution in [0.4, 0.5) is 0 Å². The molecular weight excluding hydrogens is 313 g/mol. The first-order chi connectivity index (χ1) is 9.65. The van der Waals surface area contributed by atoms with Gasteiger partial charge >= 0.3 is 0 Å². The third-order valence-corrected chi connectivity index (χ3v) is 3.73. The van der Waals surface area contributed by atoms with E-state index >= 15 is 0 Å². The predicted octanol–water partition coefficient (Wildman–Crippen LogP) is 3.62. The van der Waals surface area contributed by atoms with Crippen molar-refractivity contribution >= 4 is 29.2 Å². The van der Waals surface area contributed by atoms with Crippen LogP contribution in [0, 0.1) is 0 Å². The lowest BCUT2D eigenvalue weighted by Crippen LogP contribution is -2.01. The summed E-state index contributed by atoms with van der Waals surface area (Å²) < 4.78 is 2.21. The van der Waals surface area contributed by atoms with Gasteiger partial charge < -0.3 is 5.21 Å². The molecule has 1 N–H and O–H groups in total. The molecule has 0 bridgehead atoms. The third kappa shape index (κ3) is 2.39. The first-order valence-electron chi connectivity index (χ1n) is 6.18. The molecule has 0 unspecified atom stereocenters. The molecule has 0 saturated carbocycles. The Labute approximate surface area is 127 Å². The first kappa shape index (κ1) is 13.1. The molecule has 0 atom stereocenters. The van der Waals surface area contributed by atoms with Crippen molar-refractivity contribution in [3.63, 3.8) is 0 Å². The van der Waals surface area contributed by atoms with Gasteiger partial charge in [0.2, 0.25) is 0 Å². The molecule has 20 heavy (non-hydrogen) atoms. The summed E-state index contributed by atoms with van der Waals surface area (Å²) >= 11 is 3.40. The smallest absolute Gasteiger partial charge is 0.113 e. The van der Waals surface area contributed by atoms with E-state index in [9.17, 15) is 5.21 Å². The van der Waals surface area contributed by atoms with E-state index in [-0.39, 0.29) is 0 Å². The van der Waals surface area contributed by atoms with Gasteiger partial charge in [-0.3, -0.25) is 0 Å². The van der Waals surface area contributed by atoms with Crippen LogP contribution in [0.5, 0.6) is 0 Å². The van der Waals surface area contributed by atoms with E-state index in [1.54, 1.807) is 0 Å². The number of rotatable bonds is 2. The highest BCUT2D eigenvalue weighted by molar-refractivity contribution is 9.10. The van der Waals surface area contributed by atoms with Crippen LogP contribution < -0.4 is 5.46 Å². The monoisotopic (exact) mass is 323 g/mol. The van der Waals surface area contributed by atoms with Crippen molar-refractivity contribution in [2.24, 2.45) is 0 Å². The summed E-state index contributed by atoms with van der Waals surface area (Å²) in [6.07, 6.45) is 0. The predicted molar refractivity (Wildman–Crippen MR) is 85.6 cm³/mol. The van der Waals surface area contributed by atoms with Crippen LogP contribution in [0.25, 0.3) is 22.5 Å². The highest BCUT2D eigenvalue weighted by atomic mass is 79.9. The van der Waals surface area contributed by atoms with Gasteiger partial charge in [-0.2, -0.15) is 4.73 Å². The normalized spacial score (nSPS) is 10.7. The summed E-state index contributed by atoms with van der Waals surface area (Å²) in [6, 6.07) is 19.0. The highest BCUT2D eigenvalue weighted by Crippen LogP contribution is 2.28. The summed E-state index contributed by atoms with van der Waals surface area (Å²) in [5, 5.41) is 10.3. The zero-order chi connectivity index (χ0) is 14.1. The Morgan fingerprint density at radius 2 is 1.20 bits per heavy atom. The maximum absolute atomic E-state index is 10.3. The second-order valence-corrected chi connectivity index (χ2v) is 5.46. The van der Waals surface area contributed by atoms with Gasteiger partial charge in [0.15, 0.2) is 0 Å². The lowest BCUT2D eigenvalue weighted by Gasteiger charge is -2.07. The topological polar surface area (TPSA) is 25.2 Å². The van der Waals surface area contributed by atoms with E-state index in [0.29, 0.717) is 5.46 Å². The Balaban J connectivity index is 2.04. The van der Waals surface area contributed by atoms with Gasteiger partial charge in [-0.1, -0.05) is 57.8 Å². The summed E-state index contributed by atoms with van der Waals surface area (Å²) in [7, 11) is 5.68. The molecular formula is C16H11BBrNO. The summed E-state index contributed by atoms with van der Waals surface area (Å²) in [4.78, 5) is 0. The molecule has 0 aliphatic heterocycles. The quantitative estimate of drug-likeness (QED) is 0.565. The molecule has 2 aromatic carbocycles. The number of hydrogen-bond donors (Lipinski definition) is 1. The Bertz CT molecular complexity index is 669. The van der Waals surface area contributed by atoms with Crippen LogP contribution >= 0.6 is 15.9 Å². The maximum atomic E-state index is 10.3. The molecule has 0 fully saturated rings. The zero-order valence-electron chi connectivity index (χ0n) is 10.6. The highest BCUT2D eigenvalue weighted by Gasteiger charge is 2.10. The van der Waals surface area contributed by atoms with Gasteiger partial charge in [0.05, 0.1) is 11.4 Å². The molecule has 3 aromatic rings. The van der Waals surface area contributed by atoms with Gasteiger partial charge in [-0.15, -0.1) is 0 Å². The van der Waals surface area contributed by atoms with Crippen LogP contribution in [-0.4, -0.2) is 17.8 Å². The van der Waals surface area contributed by atoms with E-state index in [4.69, 9.17) is 7.85 Å². The Morgan fingerprint density at radius 3 is 1.70 bits per heavy atom. The van der Waals surface area contributed by atoms with Crippen molar-refractivity contribution < 1.29 is 5.21 Å². The van der Waals surface area contributed by atoms with Gasteiger partial charge in [0, 0.05) is 15.6 Å². The molecule has 1 aromatic heterocycles. The standard InChI is InChI=1S/C16H11BBrNO/c17-13-5-1-11(2-6-13)15-9-10-16(19(15)20)12-3-7-14(18)8-4-12/h1-10,20H. The van der Waals surface area contributed by atoms with Crippen molar-refractivity contribution in [3.05, 3.63) is 65.1 Å². The van der Waals surface area contributed by atoms with Crippen molar-refractivity contribution in [2.45, 2.75) is 0 Å². The minimum Gasteiger partial charge on any atom is -0.428 e. The summed E-state index contributed by atoms with van der Waals surface area (Å²) in [6.45, 7) is 0. The minimum atomic E-state index is 0.706. The number of benzene rings is 2. The van der Waals surface area contributed by atoms with Crippen LogP contribution in [0.2, 0.25) is 0 Å². The average Bonchev–Trinajstić information content (AvgIpc) is 2.83. The largest absolute Gasteiger partial charge is 0.428 e. The van der Waals surface area contributed by atoms with Crippen LogP contribution in [0.15, 0.2) is 65.1 Å². The molecule has 0 spiro atoms. The van der Waals surface area contributed by atoms with Gasteiger partial charge in [0.25, 0.3) is 0 Å².